The first kappa shape index (κ1) is 9.48. The molecule has 0 aromatic heterocycles. The van der Waals surface area contributed by atoms with Crippen LogP contribution in [0.3, 0.4) is 0 Å². The van der Waals surface area contributed by atoms with E-state index in [2.05, 4.69) is 11.9 Å². The fourth-order valence-corrected chi connectivity index (χ4v) is 1.53. The smallest absolute Gasteiger partial charge is 0.233 e. The van der Waals surface area contributed by atoms with Crippen molar-refractivity contribution in [3.8, 4) is 0 Å². The molecule has 1 amide bonds. The van der Waals surface area contributed by atoms with E-state index >= 15 is 0 Å². The summed E-state index contributed by atoms with van der Waals surface area (Å²) in [5.41, 5.74) is 0. The first-order valence-electron chi connectivity index (χ1n) is 4.34. The maximum atomic E-state index is 10.9. The van der Waals surface area contributed by atoms with E-state index in [0.29, 0.717) is 0 Å². The maximum Gasteiger partial charge on any atom is 0.233 e. The van der Waals surface area contributed by atoms with Gasteiger partial charge in [-0.15, -0.1) is 0 Å². The molecule has 1 rings (SSSR count). The van der Waals surface area contributed by atoms with Crippen LogP contribution in [-0.2, 0) is 4.79 Å². The average Bonchev–Trinajstić information content (AvgIpc) is 2.04. The zero-order valence-electron chi connectivity index (χ0n) is 7.79. The predicted molar refractivity (Wildman–Crippen MR) is 47.2 cm³/mol. The van der Waals surface area contributed by atoms with Gasteiger partial charge in [0, 0.05) is 6.92 Å². The minimum atomic E-state index is -0.0375. The Labute approximate surface area is 73.3 Å². The van der Waals surface area contributed by atoms with E-state index in [9.17, 15) is 4.79 Å². The number of hydrogen-bond acceptors (Lipinski definition) is 3. The van der Waals surface area contributed by atoms with Crippen LogP contribution in [0.4, 0.5) is 0 Å². The molecule has 1 aliphatic rings. The van der Waals surface area contributed by atoms with Gasteiger partial charge in [0.25, 0.3) is 0 Å². The molecule has 0 unspecified atom stereocenters. The second-order valence-corrected chi connectivity index (χ2v) is 3.46. The minimum Gasteiger partial charge on any atom is -0.306 e. The standard InChI is InChI=1S/C8H17N3O/c1-7(12)11(9)8-3-5-10(2)6-4-8/h8H,3-6,9H2,1-2H3. The number of carbonyl (C=O) groups excluding carboxylic acids is 1. The third-order valence-electron chi connectivity index (χ3n) is 2.45. The summed E-state index contributed by atoms with van der Waals surface area (Å²) in [5.74, 6) is 5.56. The van der Waals surface area contributed by atoms with Gasteiger partial charge < -0.3 is 4.90 Å². The first-order valence-corrected chi connectivity index (χ1v) is 4.34. The lowest BCUT2D eigenvalue weighted by molar-refractivity contribution is -0.132. The number of piperidine rings is 1. The molecule has 0 aromatic carbocycles. The van der Waals surface area contributed by atoms with Gasteiger partial charge >= 0.3 is 0 Å². The molecule has 4 nitrogen and oxygen atoms in total. The van der Waals surface area contributed by atoms with Crippen molar-refractivity contribution in [1.29, 1.82) is 0 Å². The van der Waals surface area contributed by atoms with Crippen LogP contribution in [0.2, 0.25) is 0 Å². The molecule has 0 aromatic rings. The summed E-state index contributed by atoms with van der Waals surface area (Å²) in [5, 5.41) is 1.37. The highest BCUT2D eigenvalue weighted by atomic mass is 16.2. The van der Waals surface area contributed by atoms with Crippen molar-refractivity contribution in [2.24, 2.45) is 5.84 Å². The quantitative estimate of drug-likeness (QED) is 0.338. The van der Waals surface area contributed by atoms with Crippen LogP contribution < -0.4 is 5.84 Å². The summed E-state index contributed by atoms with van der Waals surface area (Å²) in [6.07, 6.45) is 1.99. The molecule has 1 fully saturated rings. The Hall–Kier alpha value is -0.610. The highest BCUT2D eigenvalue weighted by Crippen LogP contribution is 2.12. The monoisotopic (exact) mass is 171 g/mol. The average molecular weight is 171 g/mol. The molecule has 70 valence electrons. The summed E-state index contributed by atoms with van der Waals surface area (Å²) in [6, 6.07) is 0.249. The first-order chi connectivity index (χ1) is 5.61. The summed E-state index contributed by atoms with van der Waals surface area (Å²) in [7, 11) is 2.09. The Morgan fingerprint density at radius 2 is 2.00 bits per heavy atom. The number of carbonyl (C=O) groups is 1. The fraction of sp³-hybridized carbons (Fsp3) is 0.875. The molecule has 2 N–H and O–H groups in total. The summed E-state index contributed by atoms with van der Waals surface area (Å²) in [4.78, 5) is 13.2. The van der Waals surface area contributed by atoms with Gasteiger partial charge in [0.05, 0.1) is 6.04 Å². The van der Waals surface area contributed by atoms with E-state index in [1.54, 1.807) is 0 Å². The van der Waals surface area contributed by atoms with Crippen molar-refractivity contribution in [2.75, 3.05) is 20.1 Å². The van der Waals surface area contributed by atoms with Crippen molar-refractivity contribution in [2.45, 2.75) is 25.8 Å². The van der Waals surface area contributed by atoms with Gasteiger partial charge in [0.1, 0.15) is 0 Å². The van der Waals surface area contributed by atoms with Crippen LogP contribution in [-0.4, -0.2) is 42.0 Å². The highest BCUT2D eigenvalue weighted by Gasteiger charge is 2.22. The second kappa shape index (κ2) is 3.87. The number of rotatable bonds is 1. The minimum absolute atomic E-state index is 0.0375. The maximum absolute atomic E-state index is 10.9. The van der Waals surface area contributed by atoms with Crippen molar-refractivity contribution in [3.05, 3.63) is 0 Å². The fourth-order valence-electron chi connectivity index (χ4n) is 1.53. The molecular formula is C8H17N3O. The van der Waals surface area contributed by atoms with Crippen molar-refractivity contribution >= 4 is 5.91 Å². The van der Waals surface area contributed by atoms with Crippen molar-refractivity contribution in [1.82, 2.24) is 9.91 Å². The highest BCUT2D eigenvalue weighted by molar-refractivity contribution is 5.72. The van der Waals surface area contributed by atoms with E-state index < -0.39 is 0 Å². The summed E-state index contributed by atoms with van der Waals surface area (Å²) >= 11 is 0. The molecule has 0 radical (unpaired) electrons. The van der Waals surface area contributed by atoms with E-state index in [0.717, 1.165) is 25.9 Å². The Bertz CT molecular complexity index is 164. The normalized spacial score (nSPS) is 20.9. The van der Waals surface area contributed by atoms with E-state index in [1.807, 2.05) is 0 Å². The van der Waals surface area contributed by atoms with Crippen LogP contribution >= 0.6 is 0 Å². The van der Waals surface area contributed by atoms with E-state index in [-0.39, 0.29) is 11.9 Å². The van der Waals surface area contributed by atoms with Gasteiger partial charge in [0.15, 0.2) is 0 Å². The Balaban J connectivity index is 2.39. The Kier molecular flexibility index (Phi) is 3.05. The molecule has 12 heavy (non-hydrogen) atoms. The number of likely N-dealkylation sites (tertiary alicyclic amines) is 1. The zero-order valence-corrected chi connectivity index (χ0v) is 7.79. The Morgan fingerprint density at radius 1 is 1.50 bits per heavy atom. The molecule has 0 aliphatic carbocycles. The van der Waals surface area contributed by atoms with Crippen molar-refractivity contribution < 1.29 is 4.79 Å². The molecule has 1 heterocycles. The predicted octanol–water partition coefficient (Wildman–Crippen LogP) is -0.197. The SMILES string of the molecule is CC(=O)N(N)C1CCN(C)CC1. The number of nitrogens with two attached hydrogens (primary N) is 1. The van der Waals surface area contributed by atoms with Gasteiger partial charge in [-0.1, -0.05) is 0 Å². The van der Waals surface area contributed by atoms with Crippen LogP contribution in [0, 0.1) is 0 Å². The summed E-state index contributed by atoms with van der Waals surface area (Å²) in [6.45, 7) is 3.58. The third kappa shape index (κ3) is 2.19. The molecule has 0 spiro atoms. The number of hydrazine groups is 1. The molecule has 0 saturated carbocycles. The van der Waals surface area contributed by atoms with Crippen LogP contribution in [0.5, 0.6) is 0 Å². The van der Waals surface area contributed by atoms with Gasteiger partial charge in [-0.2, -0.15) is 0 Å². The Morgan fingerprint density at radius 3 is 2.42 bits per heavy atom. The zero-order chi connectivity index (χ0) is 9.14. The van der Waals surface area contributed by atoms with Crippen molar-refractivity contribution in [3.63, 3.8) is 0 Å². The molecule has 0 atom stereocenters. The lowest BCUT2D eigenvalue weighted by Crippen LogP contribution is -2.49. The lowest BCUT2D eigenvalue weighted by atomic mass is 10.1. The summed E-state index contributed by atoms with van der Waals surface area (Å²) < 4.78 is 0. The lowest BCUT2D eigenvalue weighted by Gasteiger charge is -2.33. The number of hydrogen-bond donors (Lipinski definition) is 1. The largest absolute Gasteiger partial charge is 0.306 e. The van der Waals surface area contributed by atoms with Gasteiger partial charge in [-0.05, 0) is 33.0 Å². The van der Waals surface area contributed by atoms with Crippen LogP contribution in [0.15, 0.2) is 0 Å². The molecule has 1 saturated heterocycles. The number of amides is 1. The molecular weight excluding hydrogens is 154 g/mol. The van der Waals surface area contributed by atoms with Gasteiger partial charge in [-0.3, -0.25) is 9.80 Å². The van der Waals surface area contributed by atoms with Crippen LogP contribution in [0.1, 0.15) is 19.8 Å². The van der Waals surface area contributed by atoms with Gasteiger partial charge in [-0.25, -0.2) is 5.84 Å². The van der Waals surface area contributed by atoms with Crippen LogP contribution in [0.25, 0.3) is 0 Å². The van der Waals surface area contributed by atoms with E-state index in [1.165, 1.54) is 11.9 Å². The molecule has 1 aliphatic heterocycles. The molecule has 4 heteroatoms. The number of nitrogens with zero attached hydrogens (tertiary/aromatic N) is 2. The van der Waals surface area contributed by atoms with E-state index in [4.69, 9.17) is 5.84 Å². The molecule has 0 bridgehead atoms. The van der Waals surface area contributed by atoms with Gasteiger partial charge in [0.2, 0.25) is 5.91 Å². The third-order valence-corrected chi connectivity index (χ3v) is 2.45. The topological polar surface area (TPSA) is 49.6 Å². The second-order valence-electron chi connectivity index (χ2n) is 3.46.